The molecule has 0 aliphatic rings. The van der Waals surface area contributed by atoms with Gasteiger partial charge in [0.2, 0.25) is 0 Å². The summed E-state index contributed by atoms with van der Waals surface area (Å²) in [5, 5.41) is 0. The predicted octanol–water partition coefficient (Wildman–Crippen LogP) is 1.98. The summed E-state index contributed by atoms with van der Waals surface area (Å²) in [6.07, 6.45) is 1.55. The Labute approximate surface area is 130 Å². The van der Waals surface area contributed by atoms with E-state index in [1.165, 1.54) is 31.2 Å². The zero-order valence-corrected chi connectivity index (χ0v) is 13.8. The second-order valence-electron chi connectivity index (χ2n) is 4.70. The highest BCUT2D eigenvalue weighted by Gasteiger charge is 2.17. The molecule has 0 unspecified atom stereocenters. The first kappa shape index (κ1) is 16.4. The monoisotopic (exact) mass is 340 g/mol. The molecule has 1 N–H and O–H groups in total. The van der Waals surface area contributed by atoms with Gasteiger partial charge in [-0.2, -0.15) is 0 Å². The van der Waals surface area contributed by atoms with Gasteiger partial charge in [0, 0.05) is 6.20 Å². The fourth-order valence-corrected chi connectivity index (χ4v) is 3.61. The van der Waals surface area contributed by atoms with E-state index in [9.17, 15) is 16.8 Å². The topological polar surface area (TPSA) is 93.2 Å². The molecule has 118 valence electrons. The molecule has 1 aromatic carbocycles. The van der Waals surface area contributed by atoms with Crippen LogP contribution < -0.4 is 4.72 Å². The van der Waals surface area contributed by atoms with Crippen LogP contribution in [0.15, 0.2) is 52.4 Å². The second-order valence-corrected chi connectivity index (χ2v) is 8.66. The first-order valence-electron chi connectivity index (χ1n) is 6.53. The molecule has 0 amide bonds. The number of benzene rings is 1. The van der Waals surface area contributed by atoms with Crippen LogP contribution in [-0.4, -0.2) is 27.6 Å². The average Bonchev–Trinajstić information content (AvgIpc) is 2.49. The summed E-state index contributed by atoms with van der Waals surface area (Å²) in [4.78, 5) is 4.05. The third-order valence-corrected chi connectivity index (χ3v) is 6.14. The van der Waals surface area contributed by atoms with Crippen molar-refractivity contribution < 1.29 is 16.8 Å². The number of hydrogen-bond donors (Lipinski definition) is 1. The summed E-state index contributed by atoms with van der Waals surface area (Å²) < 4.78 is 50.2. The Morgan fingerprint density at radius 1 is 0.955 bits per heavy atom. The number of nitrogens with zero attached hydrogens (tertiary/aromatic N) is 1. The first-order valence-corrected chi connectivity index (χ1v) is 9.66. The highest BCUT2D eigenvalue weighted by molar-refractivity contribution is 7.92. The molecule has 2 rings (SSSR count). The zero-order chi connectivity index (χ0) is 16.4. The third kappa shape index (κ3) is 3.63. The highest BCUT2D eigenvalue weighted by atomic mass is 32.2. The summed E-state index contributed by atoms with van der Waals surface area (Å²) in [6.45, 7) is 3.38. The van der Waals surface area contributed by atoms with E-state index in [2.05, 4.69) is 9.71 Å². The molecule has 0 aliphatic carbocycles. The van der Waals surface area contributed by atoms with Gasteiger partial charge in [-0.3, -0.25) is 4.72 Å². The van der Waals surface area contributed by atoms with Crippen LogP contribution in [-0.2, 0) is 19.9 Å². The number of aryl methyl sites for hydroxylation is 1. The number of rotatable bonds is 5. The lowest BCUT2D eigenvalue weighted by Crippen LogP contribution is -2.14. The molecular formula is C14H16N2O4S2. The van der Waals surface area contributed by atoms with Crippen LogP contribution in [0.3, 0.4) is 0 Å². The van der Waals surface area contributed by atoms with Gasteiger partial charge in [-0.15, -0.1) is 0 Å². The van der Waals surface area contributed by atoms with E-state index in [4.69, 9.17) is 0 Å². The molecule has 1 aromatic heterocycles. The van der Waals surface area contributed by atoms with Gasteiger partial charge >= 0.3 is 0 Å². The van der Waals surface area contributed by atoms with Crippen molar-refractivity contribution >= 4 is 25.7 Å². The van der Waals surface area contributed by atoms with Crippen molar-refractivity contribution in [2.45, 2.75) is 23.6 Å². The number of hydrogen-bond acceptors (Lipinski definition) is 5. The van der Waals surface area contributed by atoms with E-state index < -0.39 is 19.9 Å². The van der Waals surface area contributed by atoms with E-state index in [0.29, 0.717) is 0 Å². The third-order valence-electron chi connectivity index (χ3n) is 3.02. The predicted molar refractivity (Wildman–Crippen MR) is 84.0 cm³/mol. The zero-order valence-electron chi connectivity index (χ0n) is 12.1. The molecule has 0 atom stereocenters. The van der Waals surface area contributed by atoms with Gasteiger partial charge in [0.05, 0.1) is 15.5 Å². The average molecular weight is 340 g/mol. The Kier molecular flexibility index (Phi) is 4.52. The SMILES string of the molecule is CCS(=O)(=O)c1ccc(S(=O)(=O)Nc2ccc(C)cn2)cc1. The summed E-state index contributed by atoms with van der Waals surface area (Å²) in [5.41, 5.74) is 0.914. The Bertz CT molecular complexity index is 856. The van der Waals surface area contributed by atoms with E-state index in [-0.39, 0.29) is 21.4 Å². The summed E-state index contributed by atoms with van der Waals surface area (Å²) >= 11 is 0. The maximum atomic E-state index is 12.2. The van der Waals surface area contributed by atoms with Gasteiger partial charge < -0.3 is 0 Å². The minimum absolute atomic E-state index is 0.0232. The Balaban J connectivity index is 2.28. The summed E-state index contributed by atoms with van der Waals surface area (Å²) in [5.74, 6) is 0.167. The summed E-state index contributed by atoms with van der Waals surface area (Å²) in [7, 11) is -7.15. The molecule has 0 fully saturated rings. The van der Waals surface area contributed by atoms with E-state index in [1.54, 1.807) is 18.3 Å². The molecule has 0 saturated carbocycles. The van der Waals surface area contributed by atoms with E-state index in [1.807, 2.05) is 6.92 Å². The fraction of sp³-hybridized carbons (Fsp3) is 0.214. The molecule has 6 nitrogen and oxygen atoms in total. The second kappa shape index (κ2) is 6.05. The van der Waals surface area contributed by atoms with Gasteiger partial charge in [-0.1, -0.05) is 13.0 Å². The molecular weight excluding hydrogens is 324 g/mol. The smallest absolute Gasteiger partial charge is 0.263 e. The first-order chi connectivity index (χ1) is 10.2. The lowest BCUT2D eigenvalue weighted by molar-refractivity contribution is 0.595. The van der Waals surface area contributed by atoms with Crippen molar-refractivity contribution in [3.63, 3.8) is 0 Å². The van der Waals surface area contributed by atoms with Crippen LogP contribution in [0.5, 0.6) is 0 Å². The number of aromatic nitrogens is 1. The molecule has 0 aliphatic heterocycles. The fourth-order valence-electron chi connectivity index (χ4n) is 1.72. The molecule has 0 spiro atoms. The van der Waals surface area contributed by atoms with Gasteiger partial charge in [0.25, 0.3) is 10.0 Å². The summed E-state index contributed by atoms with van der Waals surface area (Å²) in [6, 6.07) is 8.40. The molecule has 0 radical (unpaired) electrons. The van der Waals surface area contributed by atoms with E-state index in [0.717, 1.165) is 5.56 Å². The molecule has 22 heavy (non-hydrogen) atoms. The standard InChI is InChI=1S/C14H16N2O4S2/c1-3-21(17,18)12-5-7-13(8-6-12)22(19,20)16-14-9-4-11(2)10-15-14/h4-10H,3H2,1-2H3,(H,15,16). The van der Waals surface area contributed by atoms with E-state index >= 15 is 0 Å². The molecule has 0 saturated heterocycles. The van der Waals surface area contributed by atoms with Crippen LogP contribution in [0.2, 0.25) is 0 Å². The van der Waals surface area contributed by atoms with Crippen molar-refractivity contribution in [3.8, 4) is 0 Å². The van der Waals surface area contributed by atoms with Crippen molar-refractivity contribution in [3.05, 3.63) is 48.2 Å². The van der Waals surface area contributed by atoms with Gasteiger partial charge in [-0.05, 0) is 42.8 Å². The minimum atomic E-state index is -3.80. The minimum Gasteiger partial charge on any atom is -0.263 e. The normalized spacial score (nSPS) is 12.1. The van der Waals surface area contributed by atoms with Gasteiger partial charge in [0.1, 0.15) is 5.82 Å². The lowest BCUT2D eigenvalue weighted by Gasteiger charge is -2.08. The lowest BCUT2D eigenvalue weighted by atomic mass is 10.3. The van der Waals surface area contributed by atoms with Crippen molar-refractivity contribution in [1.82, 2.24) is 4.98 Å². The maximum Gasteiger partial charge on any atom is 0.263 e. The van der Waals surface area contributed by atoms with Crippen LogP contribution in [0.1, 0.15) is 12.5 Å². The molecule has 8 heteroatoms. The van der Waals surface area contributed by atoms with Crippen LogP contribution >= 0.6 is 0 Å². The van der Waals surface area contributed by atoms with Crippen LogP contribution in [0.4, 0.5) is 5.82 Å². The molecule has 1 heterocycles. The molecule has 2 aromatic rings. The highest BCUT2D eigenvalue weighted by Crippen LogP contribution is 2.18. The van der Waals surface area contributed by atoms with Gasteiger partial charge in [-0.25, -0.2) is 21.8 Å². The van der Waals surface area contributed by atoms with Crippen LogP contribution in [0, 0.1) is 6.92 Å². The Morgan fingerprint density at radius 2 is 1.55 bits per heavy atom. The molecule has 0 bridgehead atoms. The van der Waals surface area contributed by atoms with Gasteiger partial charge in [0.15, 0.2) is 9.84 Å². The quantitative estimate of drug-likeness (QED) is 0.898. The Hall–Kier alpha value is -1.93. The number of nitrogens with one attached hydrogen (secondary N) is 1. The van der Waals surface area contributed by atoms with Crippen molar-refractivity contribution in [1.29, 1.82) is 0 Å². The van der Waals surface area contributed by atoms with Crippen LogP contribution in [0.25, 0.3) is 0 Å². The van der Waals surface area contributed by atoms with Crippen molar-refractivity contribution in [2.75, 3.05) is 10.5 Å². The van der Waals surface area contributed by atoms with Crippen molar-refractivity contribution in [2.24, 2.45) is 0 Å². The largest absolute Gasteiger partial charge is 0.263 e. The maximum absolute atomic E-state index is 12.2. The number of sulfone groups is 1. The number of sulfonamides is 1. The number of anilines is 1. The Morgan fingerprint density at radius 3 is 2.05 bits per heavy atom. The number of pyridine rings is 1.